The van der Waals surface area contributed by atoms with Crippen molar-refractivity contribution in [3.63, 3.8) is 0 Å². The fourth-order valence-corrected chi connectivity index (χ4v) is 1.99. The molecule has 1 nitrogen and oxygen atoms in total. The summed E-state index contributed by atoms with van der Waals surface area (Å²) in [6.07, 6.45) is 8.38. The maximum atomic E-state index is 3.46. The first-order valence-electron chi connectivity index (χ1n) is 5.40. The molecule has 0 saturated heterocycles. The van der Waals surface area contributed by atoms with Crippen LogP contribution >= 0.6 is 0 Å². The summed E-state index contributed by atoms with van der Waals surface area (Å²) in [6.45, 7) is 4.69. The van der Waals surface area contributed by atoms with Gasteiger partial charge in [-0.25, -0.2) is 0 Å². The molecule has 1 aliphatic rings. The van der Waals surface area contributed by atoms with Gasteiger partial charge in [0, 0.05) is 6.04 Å². The van der Waals surface area contributed by atoms with Crippen LogP contribution in [0.2, 0.25) is 0 Å². The van der Waals surface area contributed by atoms with Crippen molar-refractivity contribution < 1.29 is 0 Å². The van der Waals surface area contributed by atoms with Crippen molar-refractivity contribution in [3.05, 3.63) is 0 Å². The van der Waals surface area contributed by atoms with E-state index in [9.17, 15) is 0 Å². The van der Waals surface area contributed by atoms with E-state index in [0.717, 1.165) is 6.04 Å². The van der Waals surface area contributed by atoms with Crippen molar-refractivity contribution >= 4 is 0 Å². The van der Waals surface area contributed by atoms with Crippen LogP contribution in [0.3, 0.4) is 0 Å². The Kier molecular flexibility index (Phi) is 3.57. The first kappa shape index (κ1) is 10.0. The minimum absolute atomic E-state index is 0.655. The lowest BCUT2D eigenvalue weighted by Gasteiger charge is -2.22. The van der Waals surface area contributed by atoms with Crippen molar-refractivity contribution in [2.24, 2.45) is 5.41 Å². The van der Waals surface area contributed by atoms with E-state index < -0.39 is 0 Å². The molecule has 1 atom stereocenters. The van der Waals surface area contributed by atoms with Crippen LogP contribution < -0.4 is 5.32 Å². The normalized spacial score (nSPS) is 22.2. The molecule has 0 spiro atoms. The van der Waals surface area contributed by atoms with Gasteiger partial charge in [0.25, 0.3) is 0 Å². The van der Waals surface area contributed by atoms with E-state index in [1.165, 1.54) is 38.5 Å². The number of rotatable bonds is 6. The first-order valence-corrected chi connectivity index (χ1v) is 5.40. The number of hydrogen-bond donors (Lipinski definition) is 1. The molecule has 1 unspecified atom stereocenters. The fraction of sp³-hybridized carbons (Fsp3) is 1.00. The monoisotopic (exact) mass is 169 g/mol. The summed E-state index contributed by atoms with van der Waals surface area (Å²) in [6, 6.07) is 0.782. The molecule has 12 heavy (non-hydrogen) atoms. The maximum absolute atomic E-state index is 3.46. The van der Waals surface area contributed by atoms with Gasteiger partial charge >= 0.3 is 0 Å². The van der Waals surface area contributed by atoms with E-state index in [-0.39, 0.29) is 0 Å². The van der Waals surface area contributed by atoms with Crippen molar-refractivity contribution in [1.29, 1.82) is 0 Å². The Morgan fingerprint density at radius 3 is 2.42 bits per heavy atom. The summed E-state index contributed by atoms with van der Waals surface area (Å²) in [4.78, 5) is 0. The van der Waals surface area contributed by atoms with Crippen molar-refractivity contribution in [3.8, 4) is 0 Å². The molecule has 72 valence electrons. The predicted molar refractivity (Wildman–Crippen MR) is 54.3 cm³/mol. The van der Waals surface area contributed by atoms with Gasteiger partial charge < -0.3 is 5.32 Å². The Bertz CT molecular complexity index is 127. The highest BCUT2D eigenvalue weighted by Crippen LogP contribution is 2.49. The van der Waals surface area contributed by atoms with Gasteiger partial charge in [-0.3, -0.25) is 0 Å². The second-order valence-corrected chi connectivity index (χ2v) is 4.49. The van der Waals surface area contributed by atoms with Gasteiger partial charge in [-0.1, -0.05) is 33.1 Å². The number of hydrogen-bond acceptors (Lipinski definition) is 1. The Morgan fingerprint density at radius 1 is 1.33 bits per heavy atom. The lowest BCUT2D eigenvalue weighted by atomic mass is 9.94. The minimum atomic E-state index is 0.655. The average Bonchev–Trinajstić information content (AvgIpc) is 2.78. The Labute approximate surface area is 76.9 Å². The van der Waals surface area contributed by atoms with E-state index in [0.29, 0.717) is 5.41 Å². The molecule has 0 aliphatic heterocycles. The second-order valence-electron chi connectivity index (χ2n) is 4.49. The third kappa shape index (κ3) is 2.48. The highest BCUT2D eigenvalue weighted by atomic mass is 14.9. The third-order valence-corrected chi connectivity index (χ3v) is 3.32. The molecule has 1 fully saturated rings. The summed E-state index contributed by atoms with van der Waals surface area (Å²) in [5.74, 6) is 0. The van der Waals surface area contributed by atoms with Crippen LogP contribution in [0.5, 0.6) is 0 Å². The van der Waals surface area contributed by atoms with Crippen LogP contribution in [0, 0.1) is 5.41 Å². The lowest BCUT2D eigenvalue weighted by molar-refractivity contribution is 0.347. The molecule has 1 saturated carbocycles. The highest BCUT2D eigenvalue weighted by Gasteiger charge is 2.43. The zero-order valence-electron chi connectivity index (χ0n) is 8.82. The van der Waals surface area contributed by atoms with Gasteiger partial charge in [-0.2, -0.15) is 0 Å². The van der Waals surface area contributed by atoms with Crippen LogP contribution in [0.25, 0.3) is 0 Å². The molecule has 0 amide bonds. The molecule has 1 N–H and O–H groups in total. The van der Waals surface area contributed by atoms with E-state index >= 15 is 0 Å². The largest absolute Gasteiger partial charge is 0.316 e. The second kappa shape index (κ2) is 4.27. The van der Waals surface area contributed by atoms with Gasteiger partial charge in [-0.15, -0.1) is 0 Å². The van der Waals surface area contributed by atoms with E-state index in [1.807, 2.05) is 0 Å². The summed E-state index contributed by atoms with van der Waals surface area (Å²) in [5, 5.41) is 3.46. The standard InChI is InChI=1S/C11H23N/c1-4-5-6-7-10(12-3)11(2)8-9-11/h10,12H,4-9H2,1-3H3. The number of unbranched alkanes of at least 4 members (excludes halogenated alkanes) is 2. The van der Waals surface area contributed by atoms with Gasteiger partial charge in [0.05, 0.1) is 0 Å². The van der Waals surface area contributed by atoms with E-state index in [1.54, 1.807) is 0 Å². The van der Waals surface area contributed by atoms with Gasteiger partial charge in [0.15, 0.2) is 0 Å². The molecular weight excluding hydrogens is 146 g/mol. The van der Waals surface area contributed by atoms with Crippen LogP contribution in [0.4, 0.5) is 0 Å². The van der Waals surface area contributed by atoms with Crippen LogP contribution in [-0.2, 0) is 0 Å². The minimum Gasteiger partial charge on any atom is -0.316 e. The molecule has 0 aromatic heterocycles. The Morgan fingerprint density at radius 2 is 2.00 bits per heavy atom. The summed E-state index contributed by atoms with van der Waals surface area (Å²) in [5.41, 5.74) is 0.655. The third-order valence-electron chi connectivity index (χ3n) is 3.32. The van der Waals surface area contributed by atoms with Crippen LogP contribution in [0.15, 0.2) is 0 Å². The van der Waals surface area contributed by atoms with E-state index in [2.05, 4.69) is 26.2 Å². The summed E-state index contributed by atoms with van der Waals surface area (Å²) in [7, 11) is 2.11. The first-order chi connectivity index (χ1) is 5.73. The summed E-state index contributed by atoms with van der Waals surface area (Å²) < 4.78 is 0. The average molecular weight is 169 g/mol. The molecule has 0 bridgehead atoms. The molecule has 1 heteroatoms. The molecule has 0 aromatic carbocycles. The SMILES string of the molecule is CCCCCC(NC)C1(C)CC1. The maximum Gasteiger partial charge on any atom is 0.0118 e. The predicted octanol–water partition coefficient (Wildman–Crippen LogP) is 2.95. The van der Waals surface area contributed by atoms with Crippen molar-refractivity contribution in [1.82, 2.24) is 5.32 Å². The topological polar surface area (TPSA) is 12.0 Å². The molecule has 1 aliphatic carbocycles. The van der Waals surface area contributed by atoms with Gasteiger partial charge in [-0.05, 0) is 31.7 Å². The smallest absolute Gasteiger partial charge is 0.0118 e. The Hall–Kier alpha value is -0.0400. The Balaban J connectivity index is 2.17. The lowest BCUT2D eigenvalue weighted by Crippen LogP contribution is -2.33. The van der Waals surface area contributed by atoms with Crippen molar-refractivity contribution in [2.75, 3.05) is 7.05 Å². The highest BCUT2D eigenvalue weighted by molar-refractivity contribution is 4.97. The zero-order chi connectivity index (χ0) is 9.03. The summed E-state index contributed by atoms with van der Waals surface area (Å²) >= 11 is 0. The molecule has 1 rings (SSSR count). The van der Waals surface area contributed by atoms with Crippen LogP contribution in [0.1, 0.15) is 52.4 Å². The fourth-order valence-electron chi connectivity index (χ4n) is 1.99. The quantitative estimate of drug-likeness (QED) is 0.603. The van der Waals surface area contributed by atoms with Crippen molar-refractivity contribution in [2.45, 2.75) is 58.4 Å². The van der Waals surface area contributed by atoms with Gasteiger partial charge in [0.2, 0.25) is 0 Å². The zero-order valence-corrected chi connectivity index (χ0v) is 8.82. The molecule has 0 heterocycles. The van der Waals surface area contributed by atoms with Gasteiger partial charge in [0.1, 0.15) is 0 Å². The molecular formula is C11H23N. The molecule has 0 aromatic rings. The van der Waals surface area contributed by atoms with Crippen LogP contribution in [-0.4, -0.2) is 13.1 Å². The number of nitrogens with one attached hydrogen (secondary N) is 1. The molecule has 0 radical (unpaired) electrons. The van der Waals surface area contributed by atoms with E-state index in [4.69, 9.17) is 0 Å².